The molecule has 4 heteroatoms. The fourth-order valence-electron chi connectivity index (χ4n) is 2.83. The van der Waals surface area contributed by atoms with Crippen LogP contribution in [0.5, 0.6) is 0 Å². The highest BCUT2D eigenvalue weighted by atomic mass is 16.5. The molecule has 3 rings (SSSR count). The monoisotopic (exact) mass is 298 g/mol. The Kier molecular flexibility index (Phi) is 3.84. The molecule has 1 atom stereocenters. The van der Waals surface area contributed by atoms with E-state index in [1.807, 2.05) is 18.2 Å². The van der Waals surface area contributed by atoms with Gasteiger partial charge in [0.25, 0.3) is 0 Å². The van der Waals surface area contributed by atoms with E-state index < -0.39 is 12.1 Å². The van der Waals surface area contributed by atoms with Gasteiger partial charge in [-0.2, -0.15) is 0 Å². The van der Waals surface area contributed by atoms with E-state index in [1.54, 1.807) is 19.9 Å². The summed E-state index contributed by atoms with van der Waals surface area (Å²) in [5.74, 6) is -0.223. The highest BCUT2D eigenvalue weighted by Gasteiger charge is 2.23. The number of furan rings is 1. The third kappa shape index (κ3) is 2.69. The number of rotatable bonds is 4. The van der Waals surface area contributed by atoms with Crippen LogP contribution >= 0.6 is 0 Å². The van der Waals surface area contributed by atoms with Crippen LogP contribution in [-0.2, 0) is 17.6 Å². The maximum Gasteiger partial charge on any atom is 0.342 e. The van der Waals surface area contributed by atoms with Crippen molar-refractivity contribution in [2.45, 2.75) is 39.2 Å². The van der Waals surface area contributed by atoms with Crippen LogP contribution in [0.15, 0.2) is 34.9 Å². The first-order valence-electron chi connectivity index (χ1n) is 7.47. The van der Waals surface area contributed by atoms with Gasteiger partial charge in [-0.25, -0.2) is 4.79 Å². The average Bonchev–Trinajstić information content (AvgIpc) is 3.13. The molecule has 0 unspecified atom stereocenters. The Morgan fingerprint density at radius 2 is 1.95 bits per heavy atom. The van der Waals surface area contributed by atoms with Crippen molar-refractivity contribution in [3.8, 4) is 0 Å². The van der Waals surface area contributed by atoms with Gasteiger partial charge in [0, 0.05) is 5.56 Å². The lowest BCUT2D eigenvalue weighted by Gasteiger charge is -2.13. The molecule has 0 aliphatic heterocycles. The van der Waals surface area contributed by atoms with E-state index in [1.165, 1.54) is 17.4 Å². The van der Waals surface area contributed by atoms with Crippen molar-refractivity contribution in [3.05, 3.63) is 58.5 Å². The molecular formula is C18H18O4. The van der Waals surface area contributed by atoms with Crippen LogP contribution in [-0.4, -0.2) is 17.9 Å². The number of ether oxygens (including phenoxy) is 1. The fourth-order valence-corrected chi connectivity index (χ4v) is 2.83. The van der Waals surface area contributed by atoms with Gasteiger partial charge >= 0.3 is 5.97 Å². The maximum atomic E-state index is 12.4. The van der Waals surface area contributed by atoms with Crippen LogP contribution in [0, 0.1) is 6.92 Å². The minimum absolute atomic E-state index is 0.177. The molecule has 1 heterocycles. The Balaban J connectivity index is 1.72. The number of carbonyl (C=O) groups is 2. The quantitative estimate of drug-likeness (QED) is 0.640. The van der Waals surface area contributed by atoms with Crippen LogP contribution in [0.3, 0.4) is 0 Å². The molecule has 0 saturated carbocycles. The number of ketones is 1. The van der Waals surface area contributed by atoms with E-state index in [4.69, 9.17) is 9.15 Å². The van der Waals surface area contributed by atoms with Crippen LogP contribution in [0.1, 0.15) is 50.9 Å². The molecule has 1 aromatic carbocycles. The van der Waals surface area contributed by atoms with Crippen LogP contribution in [0.25, 0.3) is 0 Å². The normalized spacial score (nSPS) is 14.5. The molecule has 2 aromatic rings. The zero-order valence-corrected chi connectivity index (χ0v) is 12.7. The van der Waals surface area contributed by atoms with Gasteiger partial charge in [0.2, 0.25) is 5.78 Å². The van der Waals surface area contributed by atoms with Crippen LogP contribution in [0.2, 0.25) is 0 Å². The summed E-state index contributed by atoms with van der Waals surface area (Å²) in [6.45, 7) is 3.28. The Labute approximate surface area is 129 Å². The van der Waals surface area contributed by atoms with Crippen molar-refractivity contribution in [3.63, 3.8) is 0 Å². The smallest absolute Gasteiger partial charge is 0.342 e. The largest absolute Gasteiger partial charge is 0.469 e. The maximum absolute atomic E-state index is 12.4. The van der Waals surface area contributed by atoms with Gasteiger partial charge in [-0.1, -0.05) is 12.1 Å². The van der Waals surface area contributed by atoms with Gasteiger partial charge < -0.3 is 9.15 Å². The second-order valence-corrected chi connectivity index (χ2v) is 5.64. The van der Waals surface area contributed by atoms with Crippen molar-refractivity contribution in [1.29, 1.82) is 0 Å². The van der Waals surface area contributed by atoms with E-state index in [0.717, 1.165) is 19.3 Å². The van der Waals surface area contributed by atoms with E-state index in [-0.39, 0.29) is 5.78 Å². The molecule has 22 heavy (non-hydrogen) atoms. The first-order chi connectivity index (χ1) is 10.6. The van der Waals surface area contributed by atoms with Crippen molar-refractivity contribution < 1.29 is 18.7 Å². The Morgan fingerprint density at radius 1 is 1.18 bits per heavy atom. The minimum Gasteiger partial charge on any atom is -0.469 e. The zero-order valence-electron chi connectivity index (χ0n) is 12.7. The molecule has 0 spiro atoms. The predicted molar refractivity (Wildman–Crippen MR) is 81.1 cm³/mol. The number of benzene rings is 1. The molecule has 0 bridgehead atoms. The van der Waals surface area contributed by atoms with E-state index in [2.05, 4.69) is 0 Å². The van der Waals surface area contributed by atoms with Crippen molar-refractivity contribution in [2.24, 2.45) is 0 Å². The number of fused-ring (bicyclic) bond motifs is 1. The number of aryl methyl sites for hydroxylation is 3. The second kappa shape index (κ2) is 5.79. The molecule has 1 aromatic heterocycles. The van der Waals surface area contributed by atoms with Gasteiger partial charge in [-0.3, -0.25) is 4.79 Å². The van der Waals surface area contributed by atoms with Gasteiger partial charge in [0.1, 0.15) is 11.3 Å². The van der Waals surface area contributed by atoms with Crippen molar-refractivity contribution in [1.82, 2.24) is 0 Å². The molecular weight excluding hydrogens is 280 g/mol. The van der Waals surface area contributed by atoms with Gasteiger partial charge in [-0.15, -0.1) is 0 Å². The topological polar surface area (TPSA) is 56.5 Å². The molecule has 0 saturated heterocycles. The molecule has 1 aliphatic rings. The molecule has 0 amide bonds. The minimum atomic E-state index is -0.818. The fraction of sp³-hybridized carbons (Fsp3) is 0.333. The predicted octanol–water partition coefficient (Wildman–Crippen LogP) is 3.50. The Bertz CT molecular complexity index is 726. The Hall–Kier alpha value is -2.36. The van der Waals surface area contributed by atoms with Gasteiger partial charge in [0.05, 0.1) is 6.26 Å². The summed E-state index contributed by atoms with van der Waals surface area (Å²) in [7, 11) is 0. The lowest BCUT2D eigenvalue weighted by molar-refractivity contribution is 0.0317. The number of hydrogen-bond donors (Lipinski definition) is 0. The molecule has 0 fully saturated rings. The SMILES string of the molecule is Cc1occc1C(=O)O[C@H](C)C(=O)c1ccc2c(c1)CCC2. The summed E-state index contributed by atoms with van der Waals surface area (Å²) >= 11 is 0. The number of Topliss-reactive ketones (excluding diaryl/α,β-unsaturated/α-hetero) is 1. The molecule has 0 radical (unpaired) electrons. The number of carbonyl (C=O) groups excluding carboxylic acids is 2. The number of esters is 1. The summed E-state index contributed by atoms with van der Waals surface area (Å²) in [5, 5.41) is 0. The van der Waals surface area contributed by atoms with E-state index in [9.17, 15) is 9.59 Å². The molecule has 0 N–H and O–H groups in total. The summed E-state index contributed by atoms with van der Waals surface area (Å²) < 4.78 is 10.3. The van der Waals surface area contributed by atoms with Gasteiger partial charge in [-0.05, 0) is 56.4 Å². The lowest BCUT2D eigenvalue weighted by Crippen LogP contribution is -2.24. The molecule has 4 nitrogen and oxygen atoms in total. The highest BCUT2D eigenvalue weighted by molar-refractivity contribution is 6.01. The van der Waals surface area contributed by atoms with Crippen molar-refractivity contribution >= 4 is 11.8 Å². The third-order valence-corrected chi connectivity index (χ3v) is 4.11. The average molecular weight is 298 g/mol. The standard InChI is InChI=1S/C18H18O4/c1-11-16(8-9-21-11)18(20)22-12(2)17(19)15-7-6-13-4-3-5-14(13)10-15/h6-10,12H,3-5H2,1-2H3/t12-/m1/s1. The summed E-state index contributed by atoms with van der Waals surface area (Å²) in [6, 6.07) is 7.30. The first-order valence-corrected chi connectivity index (χ1v) is 7.47. The third-order valence-electron chi connectivity index (χ3n) is 4.11. The van der Waals surface area contributed by atoms with Crippen LogP contribution < -0.4 is 0 Å². The lowest BCUT2D eigenvalue weighted by atomic mass is 10.0. The highest BCUT2D eigenvalue weighted by Crippen LogP contribution is 2.23. The summed E-state index contributed by atoms with van der Waals surface area (Å²) in [4.78, 5) is 24.5. The Morgan fingerprint density at radius 3 is 2.68 bits per heavy atom. The second-order valence-electron chi connectivity index (χ2n) is 5.64. The zero-order chi connectivity index (χ0) is 15.7. The van der Waals surface area contributed by atoms with Crippen molar-refractivity contribution in [2.75, 3.05) is 0 Å². The summed E-state index contributed by atoms with van der Waals surface area (Å²) in [5.41, 5.74) is 3.50. The van der Waals surface area contributed by atoms with Gasteiger partial charge in [0.15, 0.2) is 6.10 Å². The van der Waals surface area contributed by atoms with E-state index in [0.29, 0.717) is 16.9 Å². The number of hydrogen-bond acceptors (Lipinski definition) is 4. The first kappa shape index (κ1) is 14.6. The van der Waals surface area contributed by atoms with Crippen LogP contribution in [0.4, 0.5) is 0 Å². The molecule has 1 aliphatic carbocycles. The van der Waals surface area contributed by atoms with E-state index >= 15 is 0 Å². The summed E-state index contributed by atoms with van der Waals surface area (Å²) in [6.07, 6.45) is 3.84. The molecule has 114 valence electrons.